The molecule has 0 radical (unpaired) electrons. The molecule has 1 amide bonds. The third kappa shape index (κ3) is 5.99. The predicted molar refractivity (Wildman–Crippen MR) is 151 cm³/mol. The van der Waals surface area contributed by atoms with Gasteiger partial charge in [-0.3, -0.25) is 18.7 Å². The van der Waals surface area contributed by atoms with Crippen LogP contribution in [0.3, 0.4) is 0 Å². The fourth-order valence-corrected chi connectivity index (χ4v) is 4.58. The molecule has 1 aromatic heterocycles. The van der Waals surface area contributed by atoms with Crippen molar-refractivity contribution in [3.8, 4) is 0 Å². The number of carbonyl (C=O) groups excluding carboxylic acids is 1. The van der Waals surface area contributed by atoms with Crippen LogP contribution in [0.4, 0.5) is 4.39 Å². The van der Waals surface area contributed by atoms with Gasteiger partial charge in [0.1, 0.15) is 5.82 Å². The van der Waals surface area contributed by atoms with Crippen molar-refractivity contribution < 1.29 is 9.18 Å². The fourth-order valence-electron chi connectivity index (χ4n) is 4.45. The minimum atomic E-state index is -0.466. The molecule has 0 atom stereocenters. The first-order chi connectivity index (χ1) is 18.9. The third-order valence-corrected chi connectivity index (χ3v) is 6.81. The highest BCUT2D eigenvalue weighted by molar-refractivity contribution is 6.30. The Morgan fingerprint density at radius 1 is 0.744 bits per heavy atom. The zero-order valence-electron chi connectivity index (χ0n) is 20.9. The van der Waals surface area contributed by atoms with Gasteiger partial charge in [0.05, 0.1) is 24.0 Å². The molecule has 5 rings (SSSR count). The molecule has 0 saturated heterocycles. The lowest BCUT2D eigenvalue weighted by Gasteiger charge is -2.14. The molecule has 39 heavy (non-hydrogen) atoms. The Morgan fingerprint density at radius 2 is 1.33 bits per heavy atom. The van der Waals surface area contributed by atoms with E-state index in [1.807, 2.05) is 24.3 Å². The van der Waals surface area contributed by atoms with Crippen molar-refractivity contribution >= 4 is 28.4 Å². The van der Waals surface area contributed by atoms with Crippen LogP contribution in [0, 0.1) is 5.82 Å². The lowest BCUT2D eigenvalue weighted by molar-refractivity contribution is 0.0954. The SMILES string of the molecule is O=C(NCCc1ccc(Cl)cc1)c1ccc(Cn2c(=O)c3ccccc3n(Cc3ccc(F)cc3)c2=O)cc1. The number of nitrogens with zero attached hydrogens (tertiary/aromatic N) is 2. The fraction of sp³-hybridized carbons (Fsp3) is 0.129. The van der Waals surface area contributed by atoms with E-state index in [1.54, 1.807) is 60.7 Å². The summed E-state index contributed by atoms with van der Waals surface area (Å²) in [6.07, 6.45) is 0.677. The molecule has 196 valence electrons. The maximum atomic E-state index is 13.5. The van der Waals surface area contributed by atoms with Crippen LogP contribution in [0.15, 0.2) is 107 Å². The molecule has 6 nitrogen and oxygen atoms in total. The number of rotatable bonds is 8. The highest BCUT2D eigenvalue weighted by Crippen LogP contribution is 2.13. The van der Waals surface area contributed by atoms with Gasteiger partial charge in [-0.15, -0.1) is 0 Å². The Kier molecular flexibility index (Phi) is 7.70. The van der Waals surface area contributed by atoms with Crippen LogP contribution in [0.25, 0.3) is 10.9 Å². The van der Waals surface area contributed by atoms with Crippen molar-refractivity contribution in [2.45, 2.75) is 19.5 Å². The molecule has 1 N–H and O–H groups in total. The van der Waals surface area contributed by atoms with E-state index in [1.165, 1.54) is 21.3 Å². The number of fused-ring (bicyclic) bond motifs is 1. The molecule has 4 aromatic carbocycles. The van der Waals surface area contributed by atoms with Gasteiger partial charge in [-0.25, -0.2) is 9.18 Å². The first kappa shape index (κ1) is 26.1. The van der Waals surface area contributed by atoms with Gasteiger partial charge in [0.15, 0.2) is 0 Å². The smallest absolute Gasteiger partial charge is 0.332 e. The Hall–Kier alpha value is -4.49. The highest BCUT2D eigenvalue weighted by Gasteiger charge is 2.14. The summed E-state index contributed by atoms with van der Waals surface area (Å²) in [6, 6.07) is 27.2. The van der Waals surface area contributed by atoms with E-state index in [9.17, 15) is 18.8 Å². The van der Waals surface area contributed by atoms with Crippen LogP contribution >= 0.6 is 11.6 Å². The number of halogens is 2. The van der Waals surface area contributed by atoms with E-state index in [-0.39, 0.29) is 24.8 Å². The van der Waals surface area contributed by atoms with Crippen molar-refractivity contribution in [3.05, 3.63) is 151 Å². The summed E-state index contributed by atoms with van der Waals surface area (Å²) in [7, 11) is 0. The molecule has 0 spiro atoms. The van der Waals surface area contributed by atoms with Gasteiger partial charge in [-0.2, -0.15) is 0 Å². The van der Waals surface area contributed by atoms with Crippen LogP contribution in [0.5, 0.6) is 0 Å². The molecule has 0 aliphatic heterocycles. The molecular formula is C31H25ClFN3O3. The van der Waals surface area contributed by atoms with Gasteiger partial charge in [-0.05, 0) is 71.6 Å². The summed E-state index contributed by atoms with van der Waals surface area (Å²) in [5, 5.41) is 3.98. The summed E-state index contributed by atoms with van der Waals surface area (Å²) in [5.74, 6) is -0.570. The number of hydrogen-bond donors (Lipinski definition) is 1. The van der Waals surface area contributed by atoms with Crippen LogP contribution in [-0.4, -0.2) is 21.6 Å². The van der Waals surface area contributed by atoms with E-state index in [0.717, 1.165) is 11.1 Å². The Bertz CT molecular complexity index is 1740. The zero-order valence-corrected chi connectivity index (χ0v) is 21.7. The van der Waals surface area contributed by atoms with E-state index >= 15 is 0 Å². The first-order valence-electron chi connectivity index (χ1n) is 12.5. The van der Waals surface area contributed by atoms with Gasteiger partial charge < -0.3 is 5.32 Å². The molecule has 0 aliphatic rings. The Balaban J connectivity index is 1.35. The largest absolute Gasteiger partial charge is 0.352 e. The summed E-state index contributed by atoms with van der Waals surface area (Å²) in [4.78, 5) is 39.3. The second kappa shape index (κ2) is 11.5. The van der Waals surface area contributed by atoms with E-state index in [0.29, 0.717) is 40.0 Å². The molecule has 1 heterocycles. The minimum Gasteiger partial charge on any atom is -0.352 e. The minimum absolute atomic E-state index is 0.0460. The quantitative estimate of drug-likeness (QED) is 0.300. The summed E-state index contributed by atoms with van der Waals surface area (Å²) >= 11 is 5.91. The number of carbonyl (C=O) groups is 1. The van der Waals surface area contributed by atoms with Crippen molar-refractivity contribution in [2.24, 2.45) is 0 Å². The van der Waals surface area contributed by atoms with Crippen molar-refractivity contribution in [3.63, 3.8) is 0 Å². The van der Waals surface area contributed by atoms with Gasteiger partial charge in [0.2, 0.25) is 0 Å². The number of benzene rings is 4. The first-order valence-corrected chi connectivity index (χ1v) is 12.9. The van der Waals surface area contributed by atoms with Crippen LogP contribution in [-0.2, 0) is 19.5 Å². The molecular weight excluding hydrogens is 517 g/mol. The number of amides is 1. The second-order valence-corrected chi connectivity index (χ2v) is 9.67. The summed E-state index contributed by atoms with van der Waals surface area (Å²) < 4.78 is 16.1. The topological polar surface area (TPSA) is 73.1 Å². The standard InChI is InChI=1S/C31H25ClFN3O3/c32-25-13-7-21(8-14-25)17-18-34-29(37)24-11-5-22(6-12-24)20-36-30(38)27-3-1-2-4-28(27)35(31(36)39)19-23-9-15-26(33)16-10-23/h1-16H,17-20H2,(H,34,37). The van der Waals surface area contributed by atoms with Gasteiger partial charge in [-0.1, -0.05) is 60.1 Å². The summed E-state index contributed by atoms with van der Waals surface area (Å²) in [5.41, 5.74) is 2.65. The molecule has 8 heteroatoms. The van der Waals surface area contributed by atoms with E-state index in [4.69, 9.17) is 11.6 Å². The molecule has 0 unspecified atom stereocenters. The summed E-state index contributed by atoms with van der Waals surface area (Å²) in [6.45, 7) is 0.710. The number of para-hydroxylation sites is 1. The van der Waals surface area contributed by atoms with Crippen LogP contribution in [0.1, 0.15) is 27.0 Å². The van der Waals surface area contributed by atoms with Crippen molar-refractivity contribution in [1.82, 2.24) is 14.5 Å². The average molecular weight is 542 g/mol. The normalized spacial score (nSPS) is 11.0. The van der Waals surface area contributed by atoms with E-state index in [2.05, 4.69) is 5.32 Å². The Morgan fingerprint density at radius 3 is 2.03 bits per heavy atom. The Labute approximate surface area is 228 Å². The predicted octanol–water partition coefficient (Wildman–Crippen LogP) is 5.02. The maximum absolute atomic E-state index is 13.5. The third-order valence-electron chi connectivity index (χ3n) is 6.56. The highest BCUT2D eigenvalue weighted by atomic mass is 35.5. The zero-order chi connectivity index (χ0) is 27.4. The van der Waals surface area contributed by atoms with Crippen molar-refractivity contribution in [1.29, 1.82) is 0 Å². The van der Waals surface area contributed by atoms with Crippen molar-refractivity contribution in [2.75, 3.05) is 6.54 Å². The molecule has 0 bridgehead atoms. The van der Waals surface area contributed by atoms with Gasteiger partial charge >= 0.3 is 5.69 Å². The lowest BCUT2D eigenvalue weighted by atomic mass is 10.1. The molecule has 0 saturated carbocycles. The van der Waals surface area contributed by atoms with Gasteiger partial charge in [0.25, 0.3) is 11.5 Å². The number of aromatic nitrogens is 2. The molecule has 0 fully saturated rings. The van der Waals surface area contributed by atoms with Crippen LogP contribution < -0.4 is 16.6 Å². The van der Waals surface area contributed by atoms with Crippen LogP contribution in [0.2, 0.25) is 5.02 Å². The average Bonchev–Trinajstić information content (AvgIpc) is 2.95. The lowest BCUT2D eigenvalue weighted by Crippen LogP contribution is -2.40. The monoisotopic (exact) mass is 541 g/mol. The number of hydrogen-bond acceptors (Lipinski definition) is 3. The van der Waals surface area contributed by atoms with Gasteiger partial charge in [0, 0.05) is 17.1 Å². The van der Waals surface area contributed by atoms with E-state index < -0.39 is 11.2 Å². The number of nitrogens with one attached hydrogen (secondary N) is 1. The maximum Gasteiger partial charge on any atom is 0.332 e. The molecule has 0 aliphatic carbocycles. The molecule has 5 aromatic rings. The second-order valence-electron chi connectivity index (χ2n) is 9.23.